The first-order valence-corrected chi connectivity index (χ1v) is 8.23. The number of allylic oxidation sites excluding steroid dienone is 1. The summed E-state index contributed by atoms with van der Waals surface area (Å²) in [5.74, 6) is -0.586. The summed E-state index contributed by atoms with van der Waals surface area (Å²) >= 11 is 0. The van der Waals surface area contributed by atoms with Crippen LogP contribution in [-0.2, 0) is 11.2 Å². The third kappa shape index (κ3) is 3.69. The van der Waals surface area contributed by atoms with Gasteiger partial charge in [0.25, 0.3) is 5.56 Å². The van der Waals surface area contributed by atoms with Gasteiger partial charge in [0, 0.05) is 10.9 Å². The highest BCUT2D eigenvalue weighted by Gasteiger charge is 2.19. The lowest BCUT2D eigenvalue weighted by Crippen LogP contribution is -2.22. The molecule has 1 heterocycles. The van der Waals surface area contributed by atoms with Crippen LogP contribution in [0.15, 0.2) is 65.5 Å². The van der Waals surface area contributed by atoms with Gasteiger partial charge in [-0.05, 0) is 30.5 Å². The number of rotatable bonds is 5. The SMILES string of the molecule is CCOC(=O)c1c(C/C=C/c2ccccc2)c2ccccc2[nH]c1=O. The van der Waals surface area contributed by atoms with Gasteiger partial charge < -0.3 is 9.72 Å². The molecule has 25 heavy (non-hydrogen) atoms. The Bertz CT molecular complexity index is 971. The van der Waals surface area contributed by atoms with Gasteiger partial charge in [0.15, 0.2) is 0 Å². The van der Waals surface area contributed by atoms with E-state index in [1.165, 1.54) is 0 Å². The number of ether oxygens (including phenoxy) is 1. The second kappa shape index (κ2) is 7.62. The quantitative estimate of drug-likeness (QED) is 0.719. The van der Waals surface area contributed by atoms with Crippen molar-refractivity contribution < 1.29 is 9.53 Å². The molecule has 0 fully saturated rings. The Kier molecular flexibility index (Phi) is 5.09. The summed E-state index contributed by atoms with van der Waals surface area (Å²) < 4.78 is 5.08. The Morgan fingerprint density at radius 3 is 2.56 bits per heavy atom. The van der Waals surface area contributed by atoms with Crippen molar-refractivity contribution in [1.82, 2.24) is 4.98 Å². The van der Waals surface area contributed by atoms with Crippen LogP contribution < -0.4 is 5.56 Å². The lowest BCUT2D eigenvalue weighted by molar-refractivity contribution is 0.0523. The van der Waals surface area contributed by atoms with Gasteiger partial charge in [0.2, 0.25) is 0 Å². The van der Waals surface area contributed by atoms with Crippen LogP contribution in [0.3, 0.4) is 0 Å². The second-order valence-corrected chi connectivity index (χ2v) is 5.59. The van der Waals surface area contributed by atoms with Gasteiger partial charge in [-0.25, -0.2) is 4.79 Å². The summed E-state index contributed by atoms with van der Waals surface area (Å²) in [6.45, 7) is 1.95. The topological polar surface area (TPSA) is 59.2 Å². The zero-order valence-corrected chi connectivity index (χ0v) is 14.0. The van der Waals surface area contributed by atoms with Crippen LogP contribution in [0.2, 0.25) is 0 Å². The number of nitrogens with one attached hydrogen (secondary N) is 1. The lowest BCUT2D eigenvalue weighted by atomic mass is 9.99. The molecule has 0 saturated carbocycles. The van der Waals surface area contributed by atoms with E-state index in [4.69, 9.17) is 4.74 Å². The molecule has 0 amide bonds. The summed E-state index contributed by atoms with van der Waals surface area (Å²) in [4.78, 5) is 27.5. The fourth-order valence-corrected chi connectivity index (χ4v) is 2.82. The van der Waals surface area contributed by atoms with Crippen LogP contribution in [0.25, 0.3) is 17.0 Å². The molecule has 0 atom stereocenters. The number of hydrogen-bond acceptors (Lipinski definition) is 3. The molecule has 0 aliphatic heterocycles. The van der Waals surface area contributed by atoms with Crippen molar-refractivity contribution in [1.29, 1.82) is 0 Å². The first-order chi connectivity index (χ1) is 12.2. The Morgan fingerprint density at radius 2 is 1.80 bits per heavy atom. The van der Waals surface area contributed by atoms with E-state index in [-0.39, 0.29) is 12.2 Å². The molecule has 0 spiro atoms. The van der Waals surface area contributed by atoms with Crippen LogP contribution in [0.5, 0.6) is 0 Å². The molecular formula is C21H19NO3. The van der Waals surface area contributed by atoms with E-state index >= 15 is 0 Å². The molecule has 0 aliphatic rings. The minimum atomic E-state index is -0.586. The van der Waals surface area contributed by atoms with Gasteiger partial charge >= 0.3 is 5.97 Å². The normalized spacial score (nSPS) is 11.1. The fourth-order valence-electron chi connectivity index (χ4n) is 2.82. The third-order valence-electron chi connectivity index (χ3n) is 3.94. The van der Waals surface area contributed by atoms with Crippen LogP contribution in [0.1, 0.15) is 28.4 Å². The lowest BCUT2D eigenvalue weighted by Gasteiger charge is -2.10. The number of H-pyrrole nitrogens is 1. The zero-order valence-electron chi connectivity index (χ0n) is 14.0. The highest BCUT2D eigenvalue weighted by atomic mass is 16.5. The summed E-state index contributed by atoms with van der Waals surface area (Å²) in [7, 11) is 0. The molecule has 3 rings (SSSR count). The molecular weight excluding hydrogens is 314 g/mol. The number of hydrogen-bond donors (Lipinski definition) is 1. The standard InChI is InChI=1S/C21H19NO3/c1-2-25-21(24)19-17(13-8-11-15-9-4-3-5-10-15)16-12-6-7-14-18(16)22-20(19)23/h3-12,14H,2,13H2,1H3,(H,22,23)/b11-8+. The fraction of sp³-hybridized carbons (Fsp3) is 0.143. The maximum atomic E-state index is 12.4. The Balaban J connectivity index is 2.07. The van der Waals surface area contributed by atoms with Crippen molar-refractivity contribution >= 4 is 22.9 Å². The van der Waals surface area contributed by atoms with E-state index in [2.05, 4.69) is 4.98 Å². The Morgan fingerprint density at radius 1 is 1.08 bits per heavy atom. The Labute approximate surface area is 145 Å². The number of carbonyl (C=O) groups is 1. The number of esters is 1. The van der Waals surface area contributed by atoms with E-state index in [0.717, 1.165) is 10.9 Å². The predicted molar refractivity (Wildman–Crippen MR) is 99.7 cm³/mol. The highest BCUT2D eigenvalue weighted by Crippen LogP contribution is 2.20. The molecule has 1 N–H and O–H groups in total. The molecule has 4 heteroatoms. The average molecular weight is 333 g/mol. The zero-order chi connectivity index (χ0) is 17.6. The molecule has 3 aromatic rings. The number of aromatic nitrogens is 1. The molecule has 0 bridgehead atoms. The van der Waals surface area contributed by atoms with Crippen LogP contribution >= 0.6 is 0 Å². The van der Waals surface area contributed by atoms with Crippen molar-refractivity contribution in [3.05, 3.63) is 87.7 Å². The van der Waals surface area contributed by atoms with Crippen LogP contribution in [0.4, 0.5) is 0 Å². The van der Waals surface area contributed by atoms with Crippen LogP contribution in [0, 0.1) is 0 Å². The number of fused-ring (bicyclic) bond motifs is 1. The number of pyridine rings is 1. The van der Waals surface area contributed by atoms with Crippen molar-refractivity contribution in [2.24, 2.45) is 0 Å². The minimum Gasteiger partial charge on any atom is -0.462 e. The maximum Gasteiger partial charge on any atom is 0.344 e. The molecule has 1 aromatic heterocycles. The van der Waals surface area contributed by atoms with Gasteiger partial charge in [0.05, 0.1) is 6.61 Å². The number of carbonyl (C=O) groups excluding carboxylic acids is 1. The molecule has 0 saturated heterocycles. The first-order valence-electron chi connectivity index (χ1n) is 8.23. The molecule has 4 nitrogen and oxygen atoms in total. The summed E-state index contributed by atoms with van der Waals surface area (Å²) in [5.41, 5.74) is 2.13. The number of benzene rings is 2. The minimum absolute atomic E-state index is 0.0817. The van der Waals surface area contributed by atoms with E-state index in [0.29, 0.717) is 17.5 Å². The smallest absolute Gasteiger partial charge is 0.344 e. The average Bonchev–Trinajstić information content (AvgIpc) is 2.62. The van der Waals surface area contributed by atoms with E-state index < -0.39 is 11.5 Å². The highest BCUT2D eigenvalue weighted by molar-refractivity contribution is 5.97. The third-order valence-corrected chi connectivity index (χ3v) is 3.94. The van der Waals surface area contributed by atoms with Crippen molar-refractivity contribution in [3.8, 4) is 0 Å². The van der Waals surface area contributed by atoms with Crippen molar-refractivity contribution in [2.45, 2.75) is 13.3 Å². The van der Waals surface area contributed by atoms with Gasteiger partial charge in [-0.15, -0.1) is 0 Å². The van der Waals surface area contributed by atoms with E-state index in [9.17, 15) is 9.59 Å². The molecule has 126 valence electrons. The van der Waals surface area contributed by atoms with Gasteiger partial charge in [-0.1, -0.05) is 60.7 Å². The van der Waals surface area contributed by atoms with E-state index in [1.807, 2.05) is 66.7 Å². The molecule has 0 unspecified atom stereocenters. The predicted octanol–water partition coefficient (Wildman–Crippen LogP) is 3.96. The second-order valence-electron chi connectivity index (χ2n) is 5.59. The largest absolute Gasteiger partial charge is 0.462 e. The Hall–Kier alpha value is -3.14. The molecule has 2 aromatic carbocycles. The van der Waals surface area contributed by atoms with Gasteiger partial charge in [0.1, 0.15) is 5.56 Å². The first kappa shape index (κ1) is 16.7. The summed E-state index contributed by atoms with van der Waals surface area (Å²) in [6, 6.07) is 17.4. The number of para-hydroxylation sites is 1. The summed E-state index contributed by atoms with van der Waals surface area (Å²) in [6.07, 6.45) is 4.40. The molecule has 0 aliphatic carbocycles. The van der Waals surface area contributed by atoms with Crippen molar-refractivity contribution in [3.63, 3.8) is 0 Å². The molecule has 0 radical (unpaired) electrons. The van der Waals surface area contributed by atoms with E-state index in [1.54, 1.807) is 6.92 Å². The van der Waals surface area contributed by atoms with Crippen LogP contribution in [-0.4, -0.2) is 17.6 Å². The summed E-state index contributed by atoms with van der Waals surface area (Å²) in [5, 5.41) is 0.850. The van der Waals surface area contributed by atoms with Gasteiger partial charge in [-0.2, -0.15) is 0 Å². The number of aromatic amines is 1. The maximum absolute atomic E-state index is 12.4. The van der Waals surface area contributed by atoms with Crippen molar-refractivity contribution in [2.75, 3.05) is 6.61 Å². The van der Waals surface area contributed by atoms with Gasteiger partial charge in [-0.3, -0.25) is 4.79 Å². The monoisotopic (exact) mass is 333 g/mol.